The number of hydrogen-bond acceptors (Lipinski definition) is 3. The Bertz CT molecular complexity index is 205. The number of rotatable bonds is 9. The molecular weight excluding hydrogens is 214 g/mol. The minimum Gasteiger partial charge on any atom is -0.352 e. The Morgan fingerprint density at radius 1 is 1.29 bits per heavy atom. The van der Waals surface area contributed by atoms with E-state index in [1.807, 2.05) is 13.8 Å². The van der Waals surface area contributed by atoms with Crippen molar-refractivity contribution in [3.63, 3.8) is 0 Å². The zero-order valence-corrected chi connectivity index (χ0v) is 11.8. The second kappa shape index (κ2) is 9.42. The molecule has 0 aliphatic rings. The van der Waals surface area contributed by atoms with E-state index in [9.17, 15) is 4.79 Å². The average molecular weight is 243 g/mol. The quantitative estimate of drug-likeness (QED) is 0.643. The highest BCUT2D eigenvalue weighted by atomic mass is 16.2. The third-order valence-corrected chi connectivity index (χ3v) is 3.17. The van der Waals surface area contributed by atoms with E-state index < -0.39 is 0 Å². The summed E-state index contributed by atoms with van der Waals surface area (Å²) in [6, 6.07) is -0.143. The van der Waals surface area contributed by atoms with E-state index in [2.05, 4.69) is 24.1 Å². The van der Waals surface area contributed by atoms with Crippen molar-refractivity contribution in [2.24, 2.45) is 5.73 Å². The Balaban J connectivity index is 3.72. The van der Waals surface area contributed by atoms with E-state index in [1.165, 1.54) is 0 Å². The molecule has 0 aromatic carbocycles. The summed E-state index contributed by atoms with van der Waals surface area (Å²) >= 11 is 0. The van der Waals surface area contributed by atoms with E-state index in [1.54, 1.807) is 0 Å². The van der Waals surface area contributed by atoms with Crippen molar-refractivity contribution >= 4 is 5.91 Å². The number of hydrogen-bond donors (Lipinski definition) is 2. The summed E-state index contributed by atoms with van der Waals surface area (Å²) in [5, 5.41) is 2.96. The molecule has 4 heteroatoms. The summed E-state index contributed by atoms with van der Waals surface area (Å²) in [6.07, 6.45) is 2.82. The molecule has 17 heavy (non-hydrogen) atoms. The molecule has 1 unspecified atom stereocenters. The van der Waals surface area contributed by atoms with Gasteiger partial charge >= 0.3 is 0 Å². The lowest BCUT2D eigenvalue weighted by atomic mass is 10.1. The molecule has 3 N–H and O–H groups in total. The van der Waals surface area contributed by atoms with Crippen LogP contribution in [0.2, 0.25) is 0 Å². The zero-order chi connectivity index (χ0) is 13.3. The number of carbonyl (C=O) groups excluding carboxylic acids is 1. The van der Waals surface area contributed by atoms with E-state index in [-0.39, 0.29) is 18.0 Å². The second-order valence-corrected chi connectivity index (χ2v) is 4.59. The van der Waals surface area contributed by atoms with Crippen molar-refractivity contribution in [3.8, 4) is 0 Å². The van der Waals surface area contributed by atoms with Crippen LogP contribution >= 0.6 is 0 Å². The first-order valence-corrected chi connectivity index (χ1v) is 6.83. The Morgan fingerprint density at radius 2 is 1.88 bits per heavy atom. The Kier molecular flexibility index (Phi) is 9.09. The first-order valence-electron chi connectivity index (χ1n) is 6.83. The molecule has 0 radical (unpaired) electrons. The number of amides is 1. The van der Waals surface area contributed by atoms with Gasteiger partial charge in [0.05, 0.1) is 6.04 Å². The molecular formula is C13H29N3O. The number of nitrogens with zero attached hydrogens (tertiary/aromatic N) is 1. The maximum Gasteiger partial charge on any atom is 0.237 e. The van der Waals surface area contributed by atoms with Crippen molar-refractivity contribution < 1.29 is 4.79 Å². The van der Waals surface area contributed by atoms with Crippen LogP contribution in [0.4, 0.5) is 0 Å². The van der Waals surface area contributed by atoms with E-state index in [0.717, 1.165) is 32.5 Å². The van der Waals surface area contributed by atoms with Crippen LogP contribution in [0.1, 0.15) is 47.0 Å². The fourth-order valence-corrected chi connectivity index (χ4v) is 1.77. The molecule has 0 aliphatic carbocycles. The molecule has 0 spiro atoms. The number of nitrogens with two attached hydrogens (primary N) is 1. The van der Waals surface area contributed by atoms with E-state index in [0.29, 0.717) is 6.42 Å². The highest BCUT2D eigenvalue weighted by Gasteiger charge is 2.13. The second-order valence-electron chi connectivity index (χ2n) is 4.59. The lowest BCUT2D eigenvalue weighted by Crippen LogP contribution is -2.44. The molecule has 1 amide bonds. The van der Waals surface area contributed by atoms with Crippen LogP contribution in [-0.2, 0) is 4.79 Å². The Labute approximate surface area is 106 Å². The third kappa shape index (κ3) is 7.34. The highest BCUT2D eigenvalue weighted by molar-refractivity contribution is 5.81. The molecule has 0 saturated heterocycles. The molecule has 0 aromatic rings. The first-order chi connectivity index (χ1) is 8.04. The SMILES string of the molecule is CC[C@H](N)C(=O)NC(C)CCCN(CC)CC. The van der Waals surface area contributed by atoms with Gasteiger partial charge in [-0.1, -0.05) is 20.8 Å². The van der Waals surface area contributed by atoms with Gasteiger partial charge in [-0.15, -0.1) is 0 Å². The van der Waals surface area contributed by atoms with Gasteiger partial charge in [0, 0.05) is 6.04 Å². The summed E-state index contributed by atoms with van der Waals surface area (Å²) in [6.45, 7) is 11.6. The summed E-state index contributed by atoms with van der Waals surface area (Å²) in [5.41, 5.74) is 5.66. The topological polar surface area (TPSA) is 58.4 Å². The lowest BCUT2D eigenvalue weighted by Gasteiger charge is -2.20. The van der Waals surface area contributed by atoms with Gasteiger partial charge in [-0.25, -0.2) is 0 Å². The van der Waals surface area contributed by atoms with Crippen LogP contribution in [0, 0.1) is 0 Å². The predicted molar refractivity (Wildman–Crippen MR) is 72.9 cm³/mol. The Morgan fingerprint density at radius 3 is 2.35 bits per heavy atom. The predicted octanol–water partition coefficient (Wildman–Crippen LogP) is 1.35. The molecule has 2 atom stereocenters. The standard InChI is InChI=1S/C13H29N3O/c1-5-12(14)13(17)15-11(4)9-8-10-16(6-2)7-3/h11-12H,5-10,14H2,1-4H3,(H,15,17)/t11?,12-/m0/s1. The Hall–Kier alpha value is -0.610. The molecule has 0 heterocycles. The summed E-state index contributed by atoms with van der Waals surface area (Å²) in [5.74, 6) is -0.0251. The van der Waals surface area contributed by atoms with Gasteiger partial charge in [-0.3, -0.25) is 4.79 Å². The largest absolute Gasteiger partial charge is 0.352 e. The van der Waals surface area contributed by atoms with Gasteiger partial charge in [0.2, 0.25) is 5.91 Å². The van der Waals surface area contributed by atoms with E-state index in [4.69, 9.17) is 5.73 Å². The fraction of sp³-hybridized carbons (Fsp3) is 0.923. The van der Waals surface area contributed by atoms with Gasteiger partial charge in [-0.05, 0) is 45.8 Å². The fourth-order valence-electron chi connectivity index (χ4n) is 1.77. The molecule has 0 aliphatic heterocycles. The lowest BCUT2D eigenvalue weighted by molar-refractivity contribution is -0.123. The smallest absolute Gasteiger partial charge is 0.237 e. The van der Waals surface area contributed by atoms with Crippen LogP contribution in [0.25, 0.3) is 0 Å². The summed E-state index contributed by atoms with van der Waals surface area (Å²) < 4.78 is 0. The van der Waals surface area contributed by atoms with Crippen LogP contribution < -0.4 is 11.1 Å². The van der Waals surface area contributed by atoms with Crippen LogP contribution in [0.15, 0.2) is 0 Å². The molecule has 4 nitrogen and oxygen atoms in total. The summed E-state index contributed by atoms with van der Waals surface area (Å²) in [4.78, 5) is 13.9. The van der Waals surface area contributed by atoms with Crippen LogP contribution in [0.5, 0.6) is 0 Å². The third-order valence-electron chi connectivity index (χ3n) is 3.17. The normalized spacial score (nSPS) is 14.7. The molecule has 0 fully saturated rings. The van der Waals surface area contributed by atoms with Crippen molar-refractivity contribution in [1.82, 2.24) is 10.2 Å². The van der Waals surface area contributed by atoms with Gasteiger partial charge in [0.15, 0.2) is 0 Å². The number of carbonyl (C=O) groups is 1. The van der Waals surface area contributed by atoms with Crippen molar-refractivity contribution in [2.75, 3.05) is 19.6 Å². The summed E-state index contributed by atoms with van der Waals surface area (Å²) in [7, 11) is 0. The first kappa shape index (κ1) is 16.4. The van der Waals surface area contributed by atoms with Crippen molar-refractivity contribution in [2.45, 2.75) is 59.0 Å². The van der Waals surface area contributed by atoms with Gasteiger partial charge in [0.1, 0.15) is 0 Å². The maximum atomic E-state index is 11.5. The van der Waals surface area contributed by atoms with Gasteiger partial charge in [-0.2, -0.15) is 0 Å². The minimum atomic E-state index is -0.361. The van der Waals surface area contributed by atoms with Gasteiger partial charge in [0.25, 0.3) is 0 Å². The van der Waals surface area contributed by atoms with Crippen LogP contribution in [0.3, 0.4) is 0 Å². The zero-order valence-electron chi connectivity index (χ0n) is 11.8. The van der Waals surface area contributed by atoms with E-state index >= 15 is 0 Å². The highest BCUT2D eigenvalue weighted by Crippen LogP contribution is 2.00. The van der Waals surface area contributed by atoms with Crippen molar-refractivity contribution in [3.05, 3.63) is 0 Å². The van der Waals surface area contributed by atoms with Gasteiger partial charge < -0.3 is 16.0 Å². The molecule has 0 saturated carbocycles. The molecule has 0 aromatic heterocycles. The average Bonchev–Trinajstić information content (AvgIpc) is 2.33. The van der Waals surface area contributed by atoms with Crippen LogP contribution in [-0.4, -0.2) is 42.5 Å². The maximum absolute atomic E-state index is 11.5. The van der Waals surface area contributed by atoms with Crippen molar-refractivity contribution in [1.29, 1.82) is 0 Å². The molecule has 0 bridgehead atoms. The molecule has 0 rings (SSSR count). The minimum absolute atomic E-state index is 0.0251. The monoisotopic (exact) mass is 243 g/mol. The number of nitrogens with one attached hydrogen (secondary N) is 1. The molecule has 102 valence electrons.